The number of aliphatic hydroxyl groups is 1. The predicted octanol–water partition coefficient (Wildman–Crippen LogP) is 10.3. The van der Waals surface area contributed by atoms with Crippen LogP contribution >= 0.6 is 0 Å². The highest BCUT2D eigenvalue weighted by molar-refractivity contribution is 6.90. The topological polar surface area (TPSA) is 38.7 Å². The number of benzene rings is 2. The minimum atomic E-state index is -2.10. The fourth-order valence-electron chi connectivity index (χ4n) is 6.72. The molecular weight excluding hydrogens is 641 g/mol. The Morgan fingerprint density at radius 1 is 0.723 bits per heavy atom. The maximum Gasteiger partial charge on any atom is 0.192 e. The summed E-state index contributed by atoms with van der Waals surface area (Å²) in [6.07, 6.45) is 1.41. The molecule has 0 bridgehead atoms. The van der Waals surface area contributed by atoms with Crippen molar-refractivity contribution in [3.63, 3.8) is 0 Å². The number of hydrogen-bond donors (Lipinski definition) is 1. The van der Waals surface area contributed by atoms with Crippen molar-refractivity contribution in [1.29, 1.82) is 0 Å². The van der Waals surface area contributed by atoms with Crippen molar-refractivity contribution in [3.8, 4) is 0 Å². The normalized spacial score (nSPS) is 21.2. The van der Waals surface area contributed by atoms with Crippen LogP contribution in [0.25, 0.3) is 0 Å². The second kappa shape index (κ2) is 15.0. The van der Waals surface area contributed by atoms with E-state index < -0.39 is 38.9 Å². The molecule has 0 radical (unpaired) electrons. The fraction of sp³-hybridized carbons (Fsp3) is 0.650. The maximum atomic E-state index is 12.7. The van der Waals surface area contributed by atoms with Gasteiger partial charge in [0.05, 0.1) is 28.4 Å². The molecule has 4 atom stereocenters. The zero-order valence-electron chi connectivity index (χ0n) is 32.9. The van der Waals surface area contributed by atoms with E-state index in [1.807, 2.05) is 0 Å². The highest BCUT2D eigenvalue weighted by atomic mass is 28.4. The van der Waals surface area contributed by atoms with Crippen LogP contribution in [0.3, 0.4) is 0 Å². The van der Waals surface area contributed by atoms with Crippen molar-refractivity contribution in [2.75, 3.05) is 6.61 Å². The summed E-state index contributed by atoms with van der Waals surface area (Å²) < 4.78 is 14.3. The Morgan fingerprint density at radius 2 is 1.19 bits per heavy atom. The van der Waals surface area contributed by atoms with Gasteiger partial charge in [-0.05, 0) is 60.7 Å². The van der Waals surface area contributed by atoms with E-state index in [9.17, 15) is 5.11 Å². The Bertz CT molecular complexity index is 1320. The molecule has 2 aromatic rings. The Kier molecular flexibility index (Phi) is 12.9. The van der Waals surface area contributed by atoms with Gasteiger partial charge in [0.25, 0.3) is 0 Å². The Morgan fingerprint density at radius 3 is 1.66 bits per heavy atom. The van der Waals surface area contributed by atoms with Crippen molar-refractivity contribution >= 4 is 43.2 Å². The van der Waals surface area contributed by atoms with E-state index in [0.717, 1.165) is 24.9 Å². The third-order valence-electron chi connectivity index (χ3n) is 12.2. The lowest BCUT2D eigenvalue weighted by Crippen LogP contribution is -2.52. The van der Waals surface area contributed by atoms with Gasteiger partial charge in [-0.25, -0.2) is 0 Å². The largest absolute Gasteiger partial charge is 0.416 e. The van der Waals surface area contributed by atoms with Gasteiger partial charge in [0.15, 0.2) is 16.6 Å². The Balaban J connectivity index is 2.10. The van der Waals surface area contributed by atoms with E-state index in [4.69, 9.17) is 8.85 Å². The van der Waals surface area contributed by atoms with Gasteiger partial charge in [0, 0.05) is 18.4 Å². The van der Waals surface area contributed by atoms with Crippen LogP contribution in [0.15, 0.2) is 71.8 Å². The Hall–Kier alpha value is -1.07. The third kappa shape index (κ3) is 10.0. The van der Waals surface area contributed by atoms with Crippen LogP contribution in [0.2, 0.25) is 74.5 Å². The van der Waals surface area contributed by atoms with Gasteiger partial charge in [0.1, 0.15) is 0 Å². The molecule has 0 heterocycles. The molecular formula is C40H70O3Si4. The number of rotatable bonds is 13. The molecule has 1 aliphatic carbocycles. The molecule has 0 saturated heterocycles. The van der Waals surface area contributed by atoms with Crippen LogP contribution in [0, 0.1) is 11.8 Å². The number of hydrogen-bond acceptors (Lipinski definition) is 3. The first-order valence-electron chi connectivity index (χ1n) is 18.2. The van der Waals surface area contributed by atoms with Gasteiger partial charge in [-0.2, -0.15) is 0 Å². The van der Waals surface area contributed by atoms with Gasteiger partial charge in [-0.3, -0.25) is 0 Å². The zero-order chi connectivity index (χ0) is 35.6. The summed E-state index contributed by atoms with van der Waals surface area (Å²) in [5.74, 6) is 0.237. The van der Waals surface area contributed by atoms with Crippen LogP contribution in [0.1, 0.15) is 61.3 Å². The molecule has 0 fully saturated rings. The second-order valence-corrected chi connectivity index (χ2v) is 38.1. The van der Waals surface area contributed by atoms with Crippen LogP contribution in [0.4, 0.5) is 0 Å². The molecule has 0 aromatic heterocycles. The van der Waals surface area contributed by atoms with Crippen LogP contribution in [-0.4, -0.2) is 56.7 Å². The molecule has 264 valence electrons. The summed E-state index contributed by atoms with van der Waals surface area (Å²) in [6.45, 7) is 36.4. The van der Waals surface area contributed by atoms with Crippen molar-refractivity contribution in [2.24, 2.45) is 11.8 Å². The number of aliphatic hydroxyl groups excluding tert-OH is 1. The molecule has 1 aliphatic rings. The van der Waals surface area contributed by atoms with Gasteiger partial charge < -0.3 is 14.0 Å². The van der Waals surface area contributed by atoms with E-state index in [-0.39, 0.29) is 28.0 Å². The second-order valence-electron chi connectivity index (χ2n) is 19.0. The van der Waals surface area contributed by atoms with Gasteiger partial charge in [-0.1, -0.05) is 157 Å². The van der Waals surface area contributed by atoms with Crippen LogP contribution in [-0.2, 0) is 8.85 Å². The first kappa shape index (κ1) is 40.4. The minimum Gasteiger partial charge on any atom is -0.416 e. The first-order chi connectivity index (χ1) is 21.4. The van der Waals surface area contributed by atoms with Crippen molar-refractivity contribution in [1.82, 2.24) is 0 Å². The molecule has 0 amide bonds. The molecule has 1 N–H and O–H groups in total. The van der Waals surface area contributed by atoms with Crippen molar-refractivity contribution in [2.45, 2.75) is 148 Å². The highest BCUT2D eigenvalue weighted by Crippen LogP contribution is 2.46. The summed E-state index contributed by atoms with van der Waals surface area (Å²) in [6, 6.07) is 24.4. The van der Waals surface area contributed by atoms with E-state index in [1.54, 1.807) is 0 Å². The monoisotopic (exact) mass is 710 g/mol. The molecule has 2 aromatic carbocycles. The lowest BCUT2D eigenvalue weighted by Gasteiger charge is -2.47. The summed E-state index contributed by atoms with van der Waals surface area (Å²) in [7, 11) is -7.60. The molecule has 3 nitrogen and oxygen atoms in total. The lowest BCUT2D eigenvalue weighted by atomic mass is 9.74. The maximum absolute atomic E-state index is 12.7. The average molecular weight is 711 g/mol. The summed E-state index contributed by atoms with van der Waals surface area (Å²) in [5.41, 5.74) is 2.71. The standard InChI is InChI=1S/C40H70O3Si4/c1-31(29-42-46(12,13)39(2,3)4)37-32(30-45(10,11)34-24-20-17-21-25-34)28-36(43-47(14,15)40(5,6)7)35(38(37)41)26-27-44(8,9)33-22-18-16-19-23-33/h16-25,31,35-36,38,41H,26-30H2,1-15H3/t31-,35+,36+,38+/m0/s1. The molecule has 3 rings (SSSR count). The summed E-state index contributed by atoms with van der Waals surface area (Å²) in [5, 5.41) is 16.0. The molecule has 0 spiro atoms. The van der Waals surface area contributed by atoms with E-state index in [1.165, 1.54) is 21.5 Å². The fourth-order valence-corrected chi connectivity index (χ4v) is 14.3. The Labute approximate surface area is 294 Å². The van der Waals surface area contributed by atoms with Gasteiger partial charge >= 0.3 is 0 Å². The predicted molar refractivity (Wildman–Crippen MR) is 217 cm³/mol. The van der Waals surface area contributed by atoms with E-state index in [2.05, 4.69) is 162 Å². The SMILES string of the molecule is C[C@@H](CO[Si](C)(C)C(C)(C)C)C1=C(C[Si](C)(C)c2ccccc2)C[C@@H](O[Si](C)(C)C(C)(C)C)[C@@H](CC[Si](C)(C)c2ccccc2)[C@H]1O. The van der Waals surface area contributed by atoms with E-state index >= 15 is 0 Å². The van der Waals surface area contributed by atoms with Gasteiger partial charge in [-0.15, -0.1) is 0 Å². The average Bonchev–Trinajstić information content (AvgIpc) is 2.95. The molecule has 0 unspecified atom stereocenters. The minimum absolute atomic E-state index is 0.0271. The molecule has 47 heavy (non-hydrogen) atoms. The summed E-state index contributed by atoms with van der Waals surface area (Å²) in [4.78, 5) is 0. The quantitative estimate of drug-likeness (QED) is 0.166. The van der Waals surface area contributed by atoms with Crippen molar-refractivity contribution < 1.29 is 14.0 Å². The molecule has 7 heteroatoms. The van der Waals surface area contributed by atoms with E-state index in [0.29, 0.717) is 6.61 Å². The molecule has 0 aliphatic heterocycles. The first-order valence-corrected chi connectivity index (χ1v) is 30.5. The van der Waals surface area contributed by atoms with Crippen LogP contribution < -0.4 is 10.4 Å². The lowest BCUT2D eigenvalue weighted by molar-refractivity contribution is 0.0167. The molecule has 0 saturated carbocycles. The highest BCUT2D eigenvalue weighted by Gasteiger charge is 2.47. The van der Waals surface area contributed by atoms with Gasteiger partial charge in [0.2, 0.25) is 0 Å². The zero-order valence-corrected chi connectivity index (χ0v) is 36.9. The smallest absolute Gasteiger partial charge is 0.192 e. The van der Waals surface area contributed by atoms with Crippen LogP contribution in [0.5, 0.6) is 0 Å². The third-order valence-corrected chi connectivity index (χ3v) is 27.9. The summed E-state index contributed by atoms with van der Waals surface area (Å²) >= 11 is 0. The van der Waals surface area contributed by atoms with Crippen molar-refractivity contribution in [3.05, 3.63) is 71.8 Å².